The summed E-state index contributed by atoms with van der Waals surface area (Å²) in [6.07, 6.45) is 0. The molecule has 5 heteroatoms. The first-order chi connectivity index (χ1) is 11.6. The molecule has 2 rings (SSSR count). The third-order valence-electron chi connectivity index (χ3n) is 3.56. The molecule has 2 amide bonds. The standard InChI is InChI=1S/C19H22N2O3/c1-3-24-13-15-8-6-10-17(11-15)21-19(23)18(22)20-12-16-9-5-4-7-14(16)2/h4-11H,3,12-13H2,1-2H3,(H,20,22)(H,21,23). The summed E-state index contributed by atoms with van der Waals surface area (Å²) in [4.78, 5) is 23.9. The van der Waals surface area contributed by atoms with Gasteiger partial charge >= 0.3 is 11.8 Å². The molecule has 0 spiro atoms. The van der Waals surface area contributed by atoms with Crippen LogP contribution in [0.2, 0.25) is 0 Å². The maximum absolute atomic E-state index is 12.0. The predicted octanol–water partition coefficient (Wildman–Crippen LogP) is 2.79. The molecule has 0 aliphatic heterocycles. The van der Waals surface area contributed by atoms with Crippen molar-refractivity contribution < 1.29 is 14.3 Å². The summed E-state index contributed by atoms with van der Waals surface area (Å²) < 4.78 is 5.33. The van der Waals surface area contributed by atoms with Gasteiger partial charge in [-0.2, -0.15) is 0 Å². The minimum atomic E-state index is -0.683. The van der Waals surface area contributed by atoms with Gasteiger partial charge in [-0.15, -0.1) is 0 Å². The summed E-state index contributed by atoms with van der Waals surface area (Å²) in [5.74, 6) is -1.34. The molecule has 0 radical (unpaired) electrons. The minimum absolute atomic E-state index is 0.323. The van der Waals surface area contributed by atoms with Crippen LogP contribution in [0.5, 0.6) is 0 Å². The summed E-state index contributed by atoms with van der Waals surface area (Å²) in [5.41, 5.74) is 3.57. The number of amides is 2. The summed E-state index contributed by atoms with van der Waals surface area (Å²) in [7, 11) is 0. The van der Waals surface area contributed by atoms with Crippen LogP contribution in [0.25, 0.3) is 0 Å². The number of rotatable bonds is 6. The molecular weight excluding hydrogens is 304 g/mol. The Balaban J connectivity index is 1.89. The molecular formula is C19H22N2O3. The SMILES string of the molecule is CCOCc1cccc(NC(=O)C(=O)NCc2ccccc2C)c1. The molecule has 2 N–H and O–H groups in total. The minimum Gasteiger partial charge on any atom is -0.377 e. The van der Waals surface area contributed by atoms with Crippen molar-refractivity contribution in [2.45, 2.75) is 27.0 Å². The molecule has 0 bridgehead atoms. The first-order valence-electron chi connectivity index (χ1n) is 7.90. The number of hydrogen-bond acceptors (Lipinski definition) is 3. The van der Waals surface area contributed by atoms with Gasteiger partial charge in [-0.1, -0.05) is 36.4 Å². The van der Waals surface area contributed by atoms with Gasteiger partial charge in [-0.3, -0.25) is 9.59 Å². The van der Waals surface area contributed by atoms with Gasteiger partial charge in [-0.05, 0) is 42.7 Å². The van der Waals surface area contributed by atoms with Crippen LogP contribution in [-0.2, 0) is 27.5 Å². The van der Waals surface area contributed by atoms with Gasteiger partial charge in [0.2, 0.25) is 0 Å². The Morgan fingerprint density at radius 2 is 1.83 bits per heavy atom. The van der Waals surface area contributed by atoms with Gasteiger partial charge in [0.25, 0.3) is 0 Å². The van der Waals surface area contributed by atoms with Crippen molar-refractivity contribution in [3.63, 3.8) is 0 Å². The lowest BCUT2D eigenvalue weighted by atomic mass is 10.1. The number of nitrogens with one attached hydrogen (secondary N) is 2. The Hall–Kier alpha value is -2.66. The van der Waals surface area contributed by atoms with E-state index in [1.54, 1.807) is 12.1 Å². The first-order valence-corrected chi connectivity index (χ1v) is 7.90. The average molecular weight is 326 g/mol. The maximum Gasteiger partial charge on any atom is 0.313 e. The second-order valence-electron chi connectivity index (χ2n) is 5.40. The van der Waals surface area contributed by atoms with Gasteiger partial charge < -0.3 is 15.4 Å². The van der Waals surface area contributed by atoms with Crippen molar-refractivity contribution in [2.75, 3.05) is 11.9 Å². The van der Waals surface area contributed by atoms with Crippen LogP contribution < -0.4 is 10.6 Å². The monoisotopic (exact) mass is 326 g/mol. The number of aryl methyl sites for hydroxylation is 1. The lowest BCUT2D eigenvalue weighted by molar-refractivity contribution is -0.136. The van der Waals surface area contributed by atoms with E-state index in [2.05, 4.69) is 10.6 Å². The van der Waals surface area contributed by atoms with Crippen LogP contribution in [-0.4, -0.2) is 18.4 Å². The molecule has 0 saturated heterocycles. The highest BCUT2D eigenvalue weighted by Crippen LogP contribution is 2.12. The smallest absolute Gasteiger partial charge is 0.313 e. The van der Waals surface area contributed by atoms with E-state index in [0.29, 0.717) is 25.4 Å². The molecule has 0 unspecified atom stereocenters. The number of carbonyl (C=O) groups excluding carboxylic acids is 2. The molecule has 0 heterocycles. The summed E-state index contributed by atoms with van der Waals surface area (Å²) in [6, 6.07) is 15.0. The van der Waals surface area contributed by atoms with Crippen molar-refractivity contribution in [1.82, 2.24) is 5.32 Å². The zero-order valence-electron chi connectivity index (χ0n) is 14.0. The van der Waals surface area contributed by atoms with Crippen molar-refractivity contribution in [3.8, 4) is 0 Å². The molecule has 0 fully saturated rings. The maximum atomic E-state index is 12.0. The summed E-state index contributed by atoms with van der Waals surface area (Å²) in [6.45, 7) is 5.30. The Bertz CT molecular complexity index is 713. The van der Waals surface area contributed by atoms with Gasteiger partial charge in [-0.25, -0.2) is 0 Å². The lowest BCUT2D eigenvalue weighted by Gasteiger charge is -2.09. The second kappa shape index (κ2) is 8.84. The fraction of sp³-hybridized carbons (Fsp3) is 0.263. The van der Waals surface area contributed by atoms with Crippen LogP contribution in [0.15, 0.2) is 48.5 Å². The van der Waals surface area contributed by atoms with Crippen molar-refractivity contribution >= 4 is 17.5 Å². The molecule has 24 heavy (non-hydrogen) atoms. The van der Waals surface area contributed by atoms with Gasteiger partial charge in [0.15, 0.2) is 0 Å². The fourth-order valence-electron chi connectivity index (χ4n) is 2.21. The highest BCUT2D eigenvalue weighted by molar-refractivity contribution is 6.39. The fourth-order valence-corrected chi connectivity index (χ4v) is 2.21. The van der Waals surface area contributed by atoms with E-state index in [1.807, 2.05) is 50.2 Å². The van der Waals surface area contributed by atoms with E-state index < -0.39 is 11.8 Å². The topological polar surface area (TPSA) is 67.4 Å². The molecule has 0 aliphatic rings. The van der Waals surface area contributed by atoms with Gasteiger partial charge in [0.1, 0.15) is 0 Å². The second-order valence-corrected chi connectivity index (χ2v) is 5.40. The third-order valence-corrected chi connectivity index (χ3v) is 3.56. The van der Waals surface area contributed by atoms with E-state index >= 15 is 0 Å². The van der Waals surface area contributed by atoms with E-state index in [4.69, 9.17) is 4.74 Å². The molecule has 2 aromatic carbocycles. The summed E-state index contributed by atoms with van der Waals surface area (Å²) in [5, 5.41) is 5.24. The van der Waals surface area contributed by atoms with Crippen LogP contribution >= 0.6 is 0 Å². The van der Waals surface area contributed by atoms with Gasteiger partial charge in [0, 0.05) is 18.8 Å². The zero-order valence-corrected chi connectivity index (χ0v) is 14.0. The van der Waals surface area contributed by atoms with Crippen LogP contribution in [0.1, 0.15) is 23.6 Å². The van der Waals surface area contributed by atoms with Crippen LogP contribution in [0, 0.1) is 6.92 Å². The largest absolute Gasteiger partial charge is 0.377 e. The van der Waals surface area contributed by atoms with Crippen LogP contribution in [0.4, 0.5) is 5.69 Å². The lowest BCUT2D eigenvalue weighted by Crippen LogP contribution is -2.35. The van der Waals surface area contributed by atoms with E-state index in [0.717, 1.165) is 16.7 Å². The first kappa shape index (κ1) is 17.7. The molecule has 5 nitrogen and oxygen atoms in total. The number of anilines is 1. The molecule has 0 aromatic heterocycles. The molecule has 2 aromatic rings. The Labute approximate surface area is 142 Å². The highest BCUT2D eigenvalue weighted by Gasteiger charge is 2.13. The molecule has 0 atom stereocenters. The van der Waals surface area contributed by atoms with Crippen molar-refractivity contribution in [1.29, 1.82) is 0 Å². The number of hydrogen-bond donors (Lipinski definition) is 2. The highest BCUT2D eigenvalue weighted by atomic mass is 16.5. The zero-order chi connectivity index (χ0) is 17.4. The number of ether oxygens (including phenoxy) is 1. The van der Waals surface area contributed by atoms with Crippen LogP contribution in [0.3, 0.4) is 0 Å². The number of benzene rings is 2. The Morgan fingerprint density at radius 3 is 2.58 bits per heavy atom. The molecule has 126 valence electrons. The average Bonchev–Trinajstić information content (AvgIpc) is 2.59. The Kier molecular flexibility index (Phi) is 6.51. The van der Waals surface area contributed by atoms with E-state index in [1.165, 1.54) is 0 Å². The number of carbonyl (C=O) groups is 2. The quantitative estimate of drug-likeness (QED) is 0.802. The molecule has 0 aliphatic carbocycles. The van der Waals surface area contributed by atoms with Gasteiger partial charge in [0.05, 0.1) is 6.61 Å². The van der Waals surface area contributed by atoms with E-state index in [9.17, 15) is 9.59 Å². The summed E-state index contributed by atoms with van der Waals surface area (Å²) >= 11 is 0. The normalized spacial score (nSPS) is 10.2. The third kappa shape index (κ3) is 5.21. The van der Waals surface area contributed by atoms with E-state index in [-0.39, 0.29) is 0 Å². The Morgan fingerprint density at radius 1 is 1.04 bits per heavy atom. The molecule has 0 saturated carbocycles. The van der Waals surface area contributed by atoms with Crippen molar-refractivity contribution in [3.05, 3.63) is 65.2 Å². The van der Waals surface area contributed by atoms with Crippen molar-refractivity contribution in [2.24, 2.45) is 0 Å². The predicted molar refractivity (Wildman–Crippen MR) is 93.4 cm³/mol.